The number of hydrogen-bond donors (Lipinski definition) is 1. The minimum Gasteiger partial charge on any atom is -0.488 e. The summed E-state index contributed by atoms with van der Waals surface area (Å²) in [4.78, 5) is 13.0. The third-order valence-corrected chi connectivity index (χ3v) is 3.24. The van der Waals surface area contributed by atoms with E-state index >= 15 is 0 Å². The SMILES string of the molecule is CN(CCO)c1ccc(C=O)c(OCc2ccccc2)c1. The highest BCUT2D eigenvalue weighted by atomic mass is 16.5. The first-order chi connectivity index (χ1) is 10.2. The van der Waals surface area contributed by atoms with Crippen LogP contribution in [0.4, 0.5) is 5.69 Å². The molecule has 0 aliphatic rings. The van der Waals surface area contributed by atoms with Gasteiger partial charge in [-0.05, 0) is 17.7 Å². The van der Waals surface area contributed by atoms with Gasteiger partial charge in [0.15, 0.2) is 6.29 Å². The van der Waals surface area contributed by atoms with E-state index in [1.54, 1.807) is 6.07 Å². The second-order valence-corrected chi connectivity index (χ2v) is 4.76. The molecule has 0 aliphatic heterocycles. The Morgan fingerprint density at radius 3 is 2.62 bits per heavy atom. The summed E-state index contributed by atoms with van der Waals surface area (Å²) in [5, 5.41) is 8.99. The molecule has 4 heteroatoms. The molecule has 2 aromatic carbocycles. The lowest BCUT2D eigenvalue weighted by molar-refractivity contribution is 0.111. The fourth-order valence-corrected chi connectivity index (χ4v) is 2.00. The van der Waals surface area contributed by atoms with Crippen LogP contribution in [0.2, 0.25) is 0 Å². The van der Waals surface area contributed by atoms with Crippen molar-refractivity contribution >= 4 is 12.0 Å². The van der Waals surface area contributed by atoms with Crippen LogP contribution < -0.4 is 9.64 Å². The number of rotatable bonds is 7. The van der Waals surface area contributed by atoms with Crippen molar-refractivity contribution in [2.45, 2.75) is 6.61 Å². The van der Waals surface area contributed by atoms with Gasteiger partial charge in [0.1, 0.15) is 12.4 Å². The Labute approximate surface area is 124 Å². The van der Waals surface area contributed by atoms with E-state index in [9.17, 15) is 4.79 Å². The molecular formula is C17H19NO3. The quantitative estimate of drug-likeness (QED) is 0.794. The van der Waals surface area contributed by atoms with Gasteiger partial charge < -0.3 is 14.7 Å². The van der Waals surface area contributed by atoms with Crippen LogP contribution in [0.3, 0.4) is 0 Å². The van der Waals surface area contributed by atoms with Crippen LogP contribution in [0, 0.1) is 0 Å². The summed E-state index contributed by atoms with van der Waals surface area (Å²) < 4.78 is 5.76. The first-order valence-corrected chi connectivity index (χ1v) is 6.82. The van der Waals surface area contributed by atoms with Gasteiger partial charge in [-0.3, -0.25) is 4.79 Å². The number of ether oxygens (including phenoxy) is 1. The number of benzene rings is 2. The molecule has 4 nitrogen and oxygen atoms in total. The van der Waals surface area contributed by atoms with Gasteiger partial charge in [-0.1, -0.05) is 30.3 Å². The zero-order valence-electron chi connectivity index (χ0n) is 12.0. The minimum atomic E-state index is 0.0755. The Kier molecular flexibility index (Phi) is 5.35. The molecule has 2 rings (SSSR count). The van der Waals surface area contributed by atoms with Crippen LogP contribution in [-0.4, -0.2) is 31.6 Å². The van der Waals surface area contributed by atoms with Crippen molar-refractivity contribution in [2.24, 2.45) is 0 Å². The summed E-state index contributed by atoms with van der Waals surface area (Å²) in [6, 6.07) is 15.2. The van der Waals surface area contributed by atoms with Crippen molar-refractivity contribution in [1.29, 1.82) is 0 Å². The molecule has 0 heterocycles. The maximum Gasteiger partial charge on any atom is 0.153 e. The lowest BCUT2D eigenvalue weighted by atomic mass is 10.2. The predicted octanol–water partition coefficient (Wildman–Crippen LogP) is 2.51. The molecule has 110 valence electrons. The van der Waals surface area contributed by atoms with Crippen molar-refractivity contribution < 1.29 is 14.6 Å². The zero-order valence-corrected chi connectivity index (χ0v) is 12.0. The van der Waals surface area contributed by atoms with E-state index in [1.165, 1.54) is 0 Å². The normalized spacial score (nSPS) is 10.2. The lowest BCUT2D eigenvalue weighted by Crippen LogP contribution is -2.21. The van der Waals surface area contributed by atoms with Gasteiger partial charge in [-0.15, -0.1) is 0 Å². The average molecular weight is 285 g/mol. The summed E-state index contributed by atoms with van der Waals surface area (Å²) >= 11 is 0. The van der Waals surface area contributed by atoms with E-state index in [0.29, 0.717) is 24.5 Å². The molecule has 0 spiro atoms. The van der Waals surface area contributed by atoms with E-state index in [4.69, 9.17) is 9.84 Å². The first-order valence-electron chi connectivity index (χ1n) is 6.82. The zero-order chi connectivity index (χ0) is 15.1. The number of anilines is 1. The first kappa shape index (κ1) is 15.1. The molecule has 0 fully saturated rings. The summed E-state index contributed by atoms with van der Waals surface area (Å²) in [5.41, 5.74) is 2.47. The highest BCUT2D eigenvalue weighted by Gasteiger charge is 2.08. The monoisotopic (exact) mass is 285 g/mol. The van der Waals surface area contributed by atoms with E-state index in [1.807, 2.05) is 54.4 Å². The lowest BCUT2D eigenvalue weighted by Gasteiger charge is -2.19. The van der Waals surface area contributed by atoms with Gasteiger partial charge in [0.2, 0.25) is 0 Å². The van der Waals surface area contributed by atoms with Crippen LogP contribution in [0.1, 0.15) is 15.9 Å². The molecule has 21 heavy (non-hydrogen) atoms. The third-order valence-electron chi connectivity index (χ3n) is 3.24. The van der Waals surface area contributed by atoms with Gasteiger partial charge in [0.05, 0.1) is 12.2 Å². The van der Waals surface area contributed by atoms with Crippen molar-refractivity contribution in [2.75, 3.05) is 25.1 Å². The number of carbonyl (C=O) groups is 1. The summed E-state index contributed by atoms with van der Waals surface area (Å²) in [5.74, 6) is 0.552. The Balaban J connectivity index is 2.16. The highest BCUT2D eigenvalue weighted by molar-refractivity contribution is 5.80. The number of aliphatic hydroxyl groups is 1. The van der Waals surface area contributed by atoms with E-state index in [-0.39, 0.29) is 6.61 Å². The summed E-state index contributed by atoms with van der Waals surface area (Å²) in [7, 11) is 1.88. The van der Waals surface area contributed by atoms with E-state index < -0.39 is 0 Å². The van der Waals surface area contributed by atoms with Gasteiger partial charge in [0.25, 0.3) is 0 Å². The van der Waals surface area contributed by atoms with Crippen molar-refractivity contribution in [3.63, 3.8) is 0 Å². The maximum atomic E-state index is 11.1. The number of nitrogens with zero attached hydrogens (tertiary/aromatic N) is 1. The molecule has 0 amide bonds. The largest absolute Gasteiger partial charge is 0.488 e. The van der Waals surface area contributed by atoms with E-state index in [0.717, 1.165) is 17.5 Å². The number of aldehydes is 1. The van der Waals surface area contributed by atoms with Crippen LogP contribution in [0.5, 0.6) is 5.75 Å². The van der Waals surface area contributed by atoms with Crippen molar-refractivity contribution in [3.8, 4) is 5.75 Å². The molecule has 0 bridgehead atoms. The molecule has 0 radical (unpaired) electrons. The third kappa shape index (κ3) is 4.07. The second kappa shape index (κ2) is 7.45. The minimum absolute atomic E-state index is 0.0755. The number of aliphatic hydroxyl groups excluding tert-OH is 1. The van der Waals surface area contributed by atoms with Gasteiger partial charge >= 0.3 is 0 Å². The summed E-state index contributed by atoms with van der Waals surface area (Å²) in [6.45, 7) is 1.01. The fraction of sp³-hybridized carbons (Fsp3) is 0.235. The standard InChI is InChI=1S/C17H19NO3/c1-18(9-10-19)16-8-7-15(12-20)17(11-16)21-13-14-5-3-2-4-6-14/h2-8,11-12,19H,9-10,13H2,1H3. The molecule has 0 unspecified atom stereocenters. The Morgan fingerprint density at radius 2 is 1.95 bits per heavy atom. The van der Waals surface area contributed by atoms with Crippen LogP contribution >= 0.6 is 0 Å². The highest BCUT2D eigenvalue weighted by Crippen LogP contribution is 2.25. The molecule has 2 aromatic rings. The van der Waals surface area contributed by atoms with Gasteiger partial charge in [0, 0.05) is 25.3 Å². The van der Waals surface area contributed by atoms with Crippen LogP contribution in [-0.2, 0) is 6.61 Å². The Morgan fingerprint density at radius 1 is 1.19 bits per heavy atom. The molecule has 0 aromatic heterocycles. The fourth-order valence-electron chi connectivity index (χ4n) is 2.00. The summed E-state index contributed by atoms with van der Waals surface area (Å²) in [6.07, 6.45) is 0.788. The van der Waals surface area contributed by atoms with Crippen LogP contribution in [0.15, 0.2) is 48.5 Å². The van der Waals surface area contributed by atoms with Gasteiger partial charge in [-0.25, -0.2) is 0 Å². The molecule has 0 saturated heterocycles. The Bertz CT molecular complexity index is 584. The molecule has 0 atom stereocenters. The number of likely N-dealkylation sites (N-methyl/N-ethyl adjacent to an activating group) is 1. The number of carbonyl (C=O) groups excluding carboxylic acids is 1. The topological polar surface area (TPSA) is 49.8 Å². The van der Waals surface area contributed by atoms with Crippen LogP contribution in [0.25, 0.3) is 0 Å². The maximum absolute atomic E-state index is 11.1. The van der Waals surface area contributed by atoms with Crippen molar-refractivity contribution in [1.82, 2.24) is 0 Å². The van der Waals surface area contributed by atoms with E-state index in [2.05, 4.69) is 0 Å². The molecular weight excluding hydrogens is 266 g/mol. The molecule has 0 aliphatic carbocycles. The van der Waals surface area contributed by atoms with Gasteiger partial charge in [-0.2, -0.15) is 0 Å². The molecule has 1 N–H and O–H groups in total. The number of hydrogen-bond acceptors (Lipinski definition) is 4. The molecule has 0 saturated carbocycles. The van der Waals surface area contributed by atoms with Crippen molar-refractivity contribution in [3.05, 3.63) is 59.7 Å². The smallest absolute Gasteiger partial charge is 0.153 e. The average Bonchev–Trinajstić information content (AvgIpc) is 2.54. The Hall–Kier alpha value is -2.33. The predicted molar refractivity (Wildman–Crippen MR) is 83.0 cm³/mol. The second-order valence-electron chi connectivity index (χ2n) is 4.76.